The number of hydrogen-bond acceptors (Lipinski definition) is 0. The predicted molar refractivity (Wildman–Crippen MR) is 77.6 cm³/mol. The average Bonchev–Trinajstić information content (AvgIpc) is 2.34. The van der Waals surface area contributed by atoms with Crippen molar-refractivity contribution in [3.05, 3.63) is 70.3 Å². The molecule has 0 aliphatic rings. The molecule has 0 spiro atoms. The van der Waals surface area contributed by atoms with Gasteiger partial charge in [0.05, 0.1) is 0 Å². The molecule has 2 rings (SSSR count). The Labute approximate surface area is 120 Å². The van der Waals surface area contributed by atoms with Crippen LogP contribution in [0.15, 0.2) is 36.4 Å². The number of aryl methyl sites for hydroxylation is 2. The van der Waals surface area contributed by atoms with Crippen LogP contribution < -0.4 is 0 Å². The van der Waals surface area contributed by atoms with Gasteiger partial charge in [-0.25, -0.2) is 8.78 Å². The van der Waals surface area contributed by atoms with Crippen molar-refractivity contribution < 1.29 is 8.78 Å². The van der Waals surface area contributed by atoms with Gasteiger partial charge in [-0.3, -0.25) is 0 Å². The first-order valence-corrected chi connectivity index (χ1v) is 7.05. The van der Waals surface area contributed by atoms with Gasteiger partial charge in [0.15, 0.2) is 0 Å². The minimum Gasteiger partial charge on any atom is -0.207 e. The molecule has 0 nitrogen and oxygen atoms in total. The normalized spacial score (nSPS) is 12.5. The highest BCUT2D eigenvalue weighted by Crippen LogP contribution is 2.33. The average molecular weight is 325 g/mol. The summed E-state index contributed by atoms with van der Waals surface area (Å²) in [4.78, 5) is -0.0971. The van der Waals surface area contributed by atoms with E-state index >= 15 is 0 Å². The standard InChI is InChI=1S/C16H15BrF2/c1-10-5-3-6-11(2)16(10)13(17)9-12-14(18)7-4-8-15(12)19/h3-8,13H,9H2,1-2H3. The molecule has 1 unspecified atom stereocenters. The zero-order chi connectivity index (χ0) is 14.0. The summed E-state index contributed by atoms with van der Waals surface area (Å²) in [6.07, 6.45) is 0.296. The monoisotopic (exact) mass is 324 g/mol. The van der Waals surface area contributed by atoms with Crippen molar-refractivity contribution in [1.82, 2.24) is 0 Å². The van der Waals surface area contributed by atoms with E-state index in [4.69, 9.17) is 0 Å². The quantitative estimate of drug-likeness (QED) is 0.675. The first kappa shape index (κ1) is 14.2. The summed E-state index contributed by atoms with van der Waals surface area (Å²) in [5.74, 6) is -0.980. The second kappa shape index (κ2) is 5.83. The molecule has 0 saturated heterocycles. The van der Waals surface area contributed by atoms with E-state index in [1.54, 1.807) is 0 Å². The molecular weight excluding hydrogens is 310 g/mol. The van der Waals surface area contributed by atoms with Crippen molar-refractivity contribution in [2.45, 2.75) is 25.1 Å². The Hall–Kier alpha value is -1.22. The lowest BCUT2D eigenvalue weighted by Gasteiger charge is -2.16. The van der Waals surface area contributed by atoms with Crippen LogP contribution in [-0.2, 0) is 6.42 Å². The van der Waals surface area contributed by atoms with Crippen molar-refractivity contribution in [1.29, 1.82) is 0 Å². The topological polar surface area (TPSA) is 0 Å². The maximum atomic E-state index is 13.7. The molecule has 0 aliphatic carbocycles. The zero-order valence-corrected chi connectivity index (χ0v) is 12.5. The molecule has 0 bridgehead atoms. The van der Waals surface area contributed by atoms with Crippen molar-refractivity contribution in [3.63, 3.8) is 0 Å². The fourth-order valence-corrected chi connectivity index (χ4v) is 3.38. The Bertz CT molecular complexity index is 553. The molecule has 3 heteroatoms. The molecule has 0 N–H and O–H groups in total. The molecule has 0 heterocycles. The summed E-state index contributed by atoms with van der Waals surface area (Å²) in [5, 5.41) is 0. The molecule has 2 aromatic rings. The third-order valence-corrected chi connectivity index (χ3v) is 4.08. The number of hydrogen-bond donors (Lipinski definition) is 0. The SMILES string of the molecule is Cc1cccc(C)c1C(Br)Cc1c(F)cccc1F. The van der Waals surface area contributed by atoms with Crippen LogP contribution in [0.25, 0.3) is 0 Å². The van der Waals surface area contributed by atoms with E-state index in [0.717, 1.165) is 16.7 Å². The summed E-state index contributed by atoms with van der Waals surface area (Å²) in [6, 6.07) is 9.97. The second-order valence-electron chi connectivity index (χ2n) is 4.68. The van der Waals surface area contributed by atoms with E-state index in [1.807, 2.05) is 32.0 Å². The van der Waals surface area contributed by atoms with Crippen molar-refractivity contribution in [3.8, 4) is 0 Å². The van der Waals surface area contributed by atoms with Crippen molar-refractivity contribution in [2.75, 3.05) is 0 Å². The number of halogens is 3. The van der Waals surface area contributed by atoms with Crippen LogP contribution in [0.1, 0.15) is 27.1 Å². The van der Waals surface area contributed by atoms with Gasteiger partial charge in [0.1, 0.15) is 11.6 Å². The molecule has 2 aromatic carbocycles. The smallest absolute Gasteiger partial charge is 0.129 e. The first-order valence-electron chi connectivity index (χ1n) is 6.13. The molecule has 0 fully saturated rings. The van der Waals surface area contributed by atoms with Crippen molar-refractivity contribution >= 4 is 15.9 Å². The van der Waals surface area contributed by atoms with Crippen LogP contribution in [-0.4, -0.2) is 0 Å². The zero-order valence-electron chi connectivity index (χ0n) is 10.9. The van der Waals surface area contributed by atoms with Gasteiger partial charge in [-0.1, -0.05) is 40.2 Å². The highest BCUT2D eigenvalue weighted by Gasteiger charge is 2.17. The third kappa shape index (κ3) is 3.03. The number of alkyl halides is 1. The second-order valence-corrected chi connectivity index (χ2v) is 5.78. The Balaban J connectivity index is 2.34. The minimum absolute atomic E-state index is 0.0971. The van der Waals surface area contributed by atoms with Gasteiger partial charge in [0.25, 0.3) is 0 Å². The molecule has 19 heavy (non-hydrogen) atoms. The van der Waals surface area contributed by atoms with E-state index in [-0.39, 0.29) is 10.4 Å². The number of rotatable bonds is 3. The minimum atomic E-state index is -0.490. The first-order chi connectivity index (χ1) is 9.00. The maximum absolute atomic E-state index is 13.7. The van der Waals surface area contributed by atoms with E-state index in [1.165, 1.54) is 18.2 Å². The lowest BCUT2D eigenvalue weighted by atomic mass is 9.96. The van der Waals surface area contributed by atoms with Crippen molar-refractivity contribution in [2.24, 2.45) is 0 Å². The van der Waals surface area contributed by atoms with Crippen LogP contribution >= 0.6 is 15.9 Å². The van der Waals surface area contributed by atoms with Gasteiger partial charge in [-0.05, 0) is 49.1 Å². The lowest BCUT2D eigenvalue weighted by molar-refractivity contribution is 0.554. The Morgan fingerprint density at radius 1 is 0.947 bits per heavy atom. The molecule has 0 saturated carbocycles. The van der Waals surface area contributed by atoms with Crippen LogP contribution in [0.5, 0.6) is 0 Å². The molecular formula is C16H15BrF2. The highest BCUT2D eigenvalue weighted by atomic mass is 79.9. The predicted octanol–water partition coefficient (Wildman–Crippen LogP) is 5.26. The molecule has 0 amide bonds. The molecule has 1 atom stereocenters. The summed E-state index contributed by atoms with van der Waals surface area (Å²) < 4.78 is 27.3. The number of benzene rings is 2. The van der Waals surface area contributed by atoms with E-state index < -0.39 is 11.6 Å². The largest absolute Gasteiger partial charge is 0.207 e. The summed E-state index contributed by atoms with van der Waals surface area (Å²) in [6.45, 7) is 4.02. The van der Waals surface area contributed by atoms with Crippen LogP contribution in [0, 0.1) is 25.5 Å². The van der Waals surface area contributed by atoms with Gasteiger partial charge >= 0.3 is 0 Å². The summed E-state index contributed by atoms with van der Waals surface area (Å²) in [7, 11) is 0. The lowest BCUT2D eigenvalue weighted by Crippen LogP contribution is -2.04. The maximum Gasteiger partial charge on any atom is 0.129 e. The van der Waals surface area contributed by atoms with Crippen LogP contribution in [0.4, 0.5) is 8.78 Å². The van der Waals surface area contributed by atoms with Gasteiger partial charge in [-0.15, -0.1) is 0 Å². The van der Waals surface area contributed by atoms with Gasteiger partial charge in [0, 0.05) is 10.4 Å². The Morgan fingerprint density at radius 2 is 1.42 bits per heavy atom. The van der Waals surface area contributed by atoms with Gasteiger partial charge < -0.3 is 0 Å². The Morgan fingerprint density at radius 3 is 1.95 bits per heavy atom. The molecule has 0 radical (unpaired) electrons. The summed E-state index contributed by atoms with van der Waals surface area (Å²) in [5.41, 5.74) is 3.48. The molecule has 0 aromatic heterocycles. The van der Waals surface area contributed by atoms with Gasteiger partial charge in [-0.2, -0.15) is 0 Å². The van der Waals surface area contributed by atoms with Crippen LogP contribution in [0.3, 0.4) is 0 Å². The van der Waals surface area contributed by atoms with Gasteiger partial charge in [0.2, 0.25) is 0 Å². The van der Waals surface area contributed by atoms with E-state index in [2.05, 4.69) is 15.9 Å². The molecule has 100 valence electrons. The highest BCUT2D eigenvalue weighted by molar-refractivity contribution is 9.09. The van der Waals surface area contributed by atoms with E-state index in [9.17, 15) is 8.78 Å². The van der Waals surface area contributed by atoms with E-state index in [0.29, 0.717) is 6.42 Å². The fraction of sp³-hybridized carbons (Fsp3) is 0.250. The Kier molecular flexibility index (Phi) is 4.35. The third-order valence-electron chi connectivity index (χ3n) is 3.30. The fourth-order valence-electron chi connectivity index (χ4n) is 2.33. The molecule has 0 aliphatic heterocycles. The van der Waals surface area contributed by atoms with Crippen LogP contribution in [0.2, 0.25) is 0 Å². The summed E-state index contributed by atoms with van der Waals surface area (Å²) >= 11 is 3.56.